The van der Waals surface area contributed by atoms with Crippen LogP contribution in [0.5, 0.6) is 34.5 Å². The molecule has 0 fully saturated rings. The molecule has 0 aliphatic heterocycles. The van der Waals surface area contributed by atoms with E-state index in [4.69, 9.17) is 0 Å². The molecule has 0 radical (unpaired) electrons. The summed E-state index contributed by atoms with van der Waals surface area (Å²) in [6, 6.07) is 25.9. The smallest absolute Gasteiger partial charge is 0.200 e. The van der Waals surface area contributed by atoms with Crippen molar-refractivity contribution in [2.75, 3.05) is 0 Å². The number of benzene rings is 4. The highest BCUT2D eigenvalue weighted by Crippen LogP contribution is 2.41. The highest BCUT2D eigenvalue weighted by atomic mass is 16.3. The van der Waals surface area contributed by atoms with Gasteiger partial charge in [0.15, 0.2) is 34.5 Å². The van der Waals surface area contributed by atoms with Crippen LogP contribution in [-0.2, 0) is 19.3 Å². The van der Waals surface area contributed by atoms with Crippen molar-refractivity contribution in [2.24, 2.45) is 5.92 Å². The molecular weight excluding hydrogens is 456 g/mol. The Bertz CT molecular complexity index is 1260. The van der Waals surface area contributed by atoms with Gasteiger partial charge in [-0.15, -0.1) is 0 Å². The second-order valence-corrected chi connectivity index (χ2v) is 9.18. The van der Waals surface area contributed by atoms with Gasteiger partial charge in [-0.25, -0.2) is 0 Å². The number of phenols is 6. The maximum atomic E-state index is 10.1. The van der Waals surface area contributed by atoms with E-state index in [1.165, 1.54) is 29.8 Å². The van der Waals surface area contributed by atoms with Crippen LogP contribution in [0.2, 0.25) is 0 Å². The van der Waals surface area contributed by atoms with Crippen LogP contribution in [0, 0.1) is 5.92 Å². The third kappa shape index (κ3) is 5.84. The third-order valence-corrected chi connectivity index (χ3v) is 6.66. The van der Waals surface area contributed by atoms with Gasteiger partial charge < -0.3 is 30.6 Å². The topological polar surface area (TPSA) is 121 Å². The molecule has 0 unspecified atom stereocenters. The fourth-order valence-electron chi connectivity index (χ4n) is 4.81. The zero-order valence-electron chi connectivity index (χ0n) is 19.7. The molecule has 0 bridgehead atoms. The quantitative estimate of drug-likeness (QED) is 0.168. The van der Waals surface area contributed by atoms with E-state index >= 15 is 0 Å². The molecule has 4 aromatic carbocycles. The van der Waals surface area contributed by atoms with Crippen molar-refractivity contribution in [1.82, 2.24) is 0 Å². The van der Waals surface area contributed by atoms with Crippen LogP contribution in [0.4, 0.5) is 0 Å². The van der Waals surface area contributed by atoms with E-state index in [0.717, 1.165) is 18.4 Å². The average molecular weight is 487 g/mol. The molecule has 0 heterocycles. The summed E-state index contributed by atoms with van der Waals surface area (Å²) in [5.74, 6) is -2.66. The minimum absolute atomic E-state index is 0.0223. The van der Waals surface area contributed by atoms with Gasteiger partial charge in [-0.3, -0.25) is 0 Å². The molecule has 0 aliphatic rings. The van der Waals surface area contributed by atoms with Gasteiger partial charge in [-0.05, 0) is 84.0 Å². The molecule has 0 aromatic heterocycles. The Balaban J connectivity index is 1.73. The lowest BCUT2D eigenvalue weighted by Gasteiger charge is -2.29. The Morgan fingerprint density at radius 2 is 0.944 bits per heavy atom. The van der Waals surface area contributed by atoms with Crippen molar-refractivity contribution in [3.8, 4) is 34.5 Å². The van der Waals surface area contributed by atoms with Crippen LogP contribution >= 0.6 is 0 Å². The zero-order chi connectivity index (χ0) is 25.7. The molecule has 6 N–H and O–H groups in total. The lowest BCUT2D eigenvalue weighted by atomic mass is 9.76. The van der Waals surface area contributed by atoms with Gasteiger partial charge in [-0.2, -0.15) is 0 Å². The molecule has 0 amide bonds. The van der Waals surface area contributed by atoms with Crippen LogP contribution in [0.15, 0.2) is 84.9 Å². The van der Waals surface area contributed by atoms with Crippen LogP contribution in [0.3, 0.4) is 0 Å². The van der Waals surface area contributed by atoms with E-state index < -0.39 is 11.5 Å². The predicted octanol–water partition coefficient (Wildman–Crippen LogP) is 5.74. The number of hydrogen-bond donors (Lipinski definition) is 6. The first-order valence-electron chi connectivity index (χ1n) is 11.9. The van der Waals surface area contributed by atoms with Crippen molar-refractivity contribution in [3.63, 3.8) is 0 Å². The molecule has 0 aliphatic carbocycles. The molecular formula is C30H30O6. The summed E-state index contributed by atoms with van der Waals surface area (Å²) in [6.07, 6.45) is 2.56. The molecule has 4 rings (SSSR count). The summed E-state index contributed by atoms with van der Waals surface area (Å²) in [4.78, 5) is 0. The highest BCUT2D eigenvalue weighted by molar-refractivity contribution is 5.52. The first-order valence-corrected chi connectivity index (χ1v) is 11.9. The van der Waals surface area contributed by atoms with E-state index in [1.807, 2.05) is 48.5 Å². The minimum Gasteiger partial charge on any atom is -0.504 e. The predicted molar refractivity (Wildman–Crippen MR) is 138 cm³/mol. The molecule has 0 saturated carbocycles. The molecule has 186 valence electrons. The standard InChI is InChI=1S/C30H30O6/c31-25-15-20(16-26(32)29(25)35)13-23(12-11-19-7-3-1-4-8-19)24(22-9-5-2-6-10-22)14-21-17-27(33)30(36)28(34)18-21/h1-10,15-18,23-24,31-36H,11-14H2/t23-,24+/m1/s1. The van der Waals surface area contributed by atoms with E-state index in [1.54, 1.807) is 0 Å². The maximum Gasteiger partial charge on any atom is 0.200 e. The van der Waals surface area contributed by atoms with E-state index in [2.05, 4.69) is 12.1 Å². The van der Waals surface area contributed by atoms with Gasteiger partial charge in [-0.1, -0.05) is 60.7 Å². The van der Waals surface area contributed by atoms with Crippen LogP contribution in [0.1, 0.15) is 34.6 Å². The van der Waals surface area contributed by atoms with Gasteiger partial charge in [0.2, 0.25) is 0 Å². The number of rotatable bonds is 9. The molecule has 4 aromatic rings. The van der Waals surface area contributed by atoms with Crippen molar-refractivity contribution in [3.05, 3.63) is 107 Å². The SMILES string of the molecule is Oc1cc(C[C@@H](CCc2ccccc2)[C@@H](Cc2cc(O)c(O)c(O)c2)c2ccccc2)cc(O)c1O. The van der Waals surface area contributed by atoms with E-state index in [9.17, 15) is 30.6 Å². The van der Waals surface area contributed by atoms with Crippen molar-refractivity contribution in [1.29, 1.82) is 0 Å². The van der Waals surface area contributed by atoms with Crippen molar-refractivity contribution >= 4 is 0 Å². The fourth-order valence-corrected chi connectivity index (χ4v) is 4.81. The fraction of sp³-hybridized carbons (Fsp3) is 0.200. The Labute approximate surface area is 210 Å². The van der Waals surface area contributed by atoms with Crippen molar-refractivity contribution in [2.45, 2.75) is 31.6 Å². The summed E-state index contributed by atoms with van der Waals surface area (Å²) in [6.45, 7) is 0. The summed E-state index contributed by atoms with van der Waals surface area (Å²) >= 11 is 0. The molecule has 2 atom stereocenters. The molecule has 6 heteroatoms. The van der Waals surface area contributed by atoms with Gasteiger partial charge in [0.05, 0.1) is 0 Å². The normalized spacial score (nSPS) is 12.8. The average Bonchev–Trinajstić information content (AvgIpc) is 2.88. The van der Waals surface area contributed by atoms with E-state index in [-0.39, 0.29) is 34.8 Å². The zero-order valence-corrected chi connectivity index (χ0v) is 19.7. The third-order valence-electron chi connectivity index (χ3n) is 6.66. The Hall–Kier alpha value is -4.32. The first-order chi connectivity index (χ1) is 17.3. The summed E-state index contributed by atoms with van der Waals surface area (Å²) < 4.78 is 0. The Morgan fingerprint density at radius 1 is 0.500 bits per heavy atom. The molecule has 0 saturated heterocycles. The number of aromatic hydroxyl groups is 6. The second kappa shape index (κ2) is 11.0. The van der Waals surface area contributed by atoms with Crippen LogP contribution in [0.25, 0.3) is 0 Å². The van der Waals surface area contributed by atoms with Gasteiger partial charge in [0, 0.05) is 0 Å². The lowest BCUT2D eigenvalue weighted by Crippen LogP contribution is -2.19. The molecule has 0 spiro atoms. The molecule has 6 nitrogen and oxygen atoms in total. The highest BCUT2D eigenvalue weighted by Gasteiger charge is 2.26. The molecule has 36 heavy (non-hydrogen) atoms. The lowest BCUT2D eigenvalue weighted by molar-refractivity contribution is 0.359. The van der Waals surface area contributed by atoms with Gasteiger partial charge in [0.1, 0.15) is 0 Å². The summed E-state index contributed by atoms with van der Waals surface area (Å²) in [5, 5.41) is 60.0. The van der Waals surface area contributed by atoms with E-state index in [0.29, 0.717) is 24.0 Å². The summed E-state index contributed by atoms with van der Waals surface area (Å²) in [7, 11) is 0. The first kappa shape index (κ1) is 24.8. The summed E-state index contributed by atoms with van der Waals surface area (Å²) in [5.41, 5.74) is 3.59. The van der Waals surface area contributed by atoms with Crippen LogP contribution in [-0.4, -0.2) is 30.6 Å². The van der Waals surface area contributed by atoms with Crippen LogP contribution < -0.4 is 0 Å². The second-order valence-electron chi connectivity index (χ2n) is 9.18. The minimum atomic E-state index is -0.550. The number of aryl methyl sites for hydroxylation is 1. The van der Waals surface area contributed by atoms with Crippen molar-refractivity contribution < 1.29 is 30.6 Å². The Kier molecular flexibility index (Phi) is 7.54. The number of hydrogen-bond acceptors (Lipinski definition) is 6. The van der Waals surface area contributed by atoms with Gasteiger partial charge >= 0.3 is 0 Å². The number of phenolic OH excluding ortho intramolecular Hbond substituents is 6. The maximum absolute atomic E-state index is 10.1. The Morgan fingerprint density at radius 3 is 1.44 bits per heavy atom. The van der Waals surface area contributed by atoms with Gasteiger partial charge in [0.25, 0.3) is 0 Å². The monoisotopic (exact) mass is 486 g/mol. The largest absolute Gasteiger partial charge is 0.504 e.